The maximum Gasteiger partial charge on any atom is 0.338 e. The van der Waals surface area contributed by atoms with Gasteiger partial charge in [0.25, 0.3) is 0 Å². The van der Waals surface area contributed by atoms with Crippen molar-refractivity contribution in [2.45, 2.75) is 4.90 Å². The molecule has 0 saturated heterocycles. The zero-order chi connectivity index (χ0) is 17.6. The molecular formula is C17H12Cl2N2O3S. The van der Waals surface area contributed by atoms with E-state index in [1.54, 1.807) is 42.5 Å². The third kappa shape index (κ3) is 4.75. The van der Waals surface area contributed by atoms with Crippen LogP contribution in [0, 0.1) is 0 Å². The van der Waals surface area contributed by atoms with Crippen molar-refractivity contribution in [2.24, 2.45) is 0 Å². The molecule has 0 amide bonds. The van der Waals surface area contributed by atoms with Crippen LogP contribution in [0.2, 0.25) is 10.0 Å². The second-order valence-electron chi connectivity index (χ2n) is 4.88. The van der Waals surface area contributed by atoms with Gasteiger partial charge in [-0.3, -0.25) is 0 Å². The summed E-state index contributed by atoms with van der Waals surface area (Å²) in [6.07, 6.45) is 1.25. The third-order valence-corrected chi connectivity index (χ3v) is 4.89. The molecule has 0 aliphatic carbocycles. The average molecular weight is 395 g/mol. The first-order valence-electron chi connectivity index (χ1n) is 7.25. The summed E-state index contributed by atoms with van der Waals surface area (Å²) in [5, 5.41) is 8.66. The van der Waals surface area contributed by atoms with Crippen molar-refractivity contribution < 1.29 is 13.9 Å². The molecular weight excluding hydrogens is 383 g/mol. The second kappa shape index (κ2) is 8.38. The summed E-state index contributed by atoms with van der Waals surface area (Å²) in [6.45, 7) is 0.262. The van der Waals surface area contributed by atoms with E-state index in [1.165, 1.54) is 18.2 Å². The molecule has 0 N–H and O–H groups in total. The molecule has 0 atom stereocenters. The number of benzene rings is 2. The minimum absolute atomic E-state index is 0.262. The molecule has 2 aromatic carbocycles. The maximum atomic E-state index is 12.0. The highest BCUT2D eigenvalue weighted by Crippen LogP contribution is 2.29. The van der Waals surface area contributed by atoms with Gasteiger partial charge in [0, 0.05) is 21.2 Å². The van der Waals surface area contributed by atoms with Crippen molar-refractivity contribution in [1.29, 1.82) is 0 Å². The van der Waals surface area contributed by atoms with Crippen molar-refractivity contribution in [3.63, 3.8) is 0 Å². The number of nitrogens with zero attached hydrogens (tertiary/aromatic N) is 2. The van der Waals surface area contributed by atoms with Crippen molar-refractivity contribution in [2.75, 3.05) is 12.4 Å². The topological polar surface area (TPSA) is 65.2 Å². The van der Waals surface area contributed by atoms with Gasteiger partial charge in [0.2, 0.25) is 12.3 Å². The Labute approximate surface area is 158 Å². The van der Waals surface area contributed by atoms with Gasteiger partial charge in [0.05, 0.1) is 10.6 Å². The number of carbonyl (C=O) groups excluding carboxylic acids is 1. The lowest BCUT2D eigenvalue weighted by Gasteiger charge is -2.07. The Morgan fingerprint density at radius 2 is 1.96 bits per heavy atom. The lowest BCUT2D eigenvalue weighted by Crippen LogP contribution is -2.07. The fourth-order valence-corrected chi connectivity index (χ4v) is 3.33. The highest BCUT2D eigenvalue weighted by Gasteiger charge is 2.10. The predicted octanol–water partition coefficient (Wildman–Crippen LogP) is 4.99. The van der Waals surface area contributed by atoms with E-state index in [1.807, 2.05) is 0 Å². The number of ether oxygens (including phenoxy) is 1. The van der Waals surface area contributed by atoms with Crippen molar-refractivity contribution in [1.82, 2.24) is 10.2 Å². The molecule has 128 valence electrons. The largest absolute Gasteiger partial charge is 0.461 e. The van der Waals surface area contributed by atoms with Crippen LogP contribution < -0.4 is 0 Å². The van der Waals surface area contributed by atoms with Gasteiger partial charge < -0.3 is 9.15 Å². The lowest BCUT2D eigenvalue weighted by atomic mass is 10.1. The molecule has 25 heavy (non-hydrogen) atoms. The average Bonchev–Trinajstić information content (AvgIpc) is 3.16. The predicted molar refractivity (Wildman–Crippen MR) is 97.2 cm³/mol. The Bertz CT molecular complexity index is 855. The van der Waals surface area contributed by atoms with Crippen LogP contribution >= 0.6 is 35.0 Å². The van der Waals surface area contributed by atoms with Gasteiger partial charge in [-0.05, 0) is 42.5 Å². The number of rotatable bonds is 6. The molecule has 1 heterocycles. The Morgan fingerprint density at radius 1 is 1.16 bits per heavy atom. The van der Waals surface area contributed by atoms with Crippen LogP contribution in [0.3, 0.4) is 0 Å². The van der Waals surface area contributed by atoms with Gasteiger partial charge in [-0.25, -0.2) is 4.79 Å². The summed E-state index contributed by atoms with van der Waals surface area (Å²) in [4.78, 5) is 12.9. The number of aromatic nitrogens is 2. The van der Waals surface area contributed by atoms with Crippen LogP contribution in [-0.2, 0) is 4.74 Å². The Morgan fingerprint density at radius 3 is 2.68 bits per heavy atom. The number of hydrogen-bond acceptors (Lipinski definition) is 6. The van der Waals surface area contributed by atoms with Crippen LogP contribution in [0.4, 0.5) is 0 Å². The summed E-state index contributed by atoms with van der Waals surface area (Å²) < 4.78 is 10.4. The van der Waals surface area contributed by atoms with E-state index in [0.717, 1.165) is 10.5 Å². The summed E-state index contributed by atoms with van der Waals surface area (Å²) >= 11 is 13.5. The van der Waals surface area contributed by atoms with Gasteiger partial charge >= 0.3 is 5.97 Å². The number of halogens is 2. The van der Waals surface area contributed by atoms with E-state index in [4.69, 9.17) is 32.4 Å². The van der Waals surface area contributed by atoms with Gasteiger partial charge in [0.1, 0.15) is 6.61 Å². The zero-order valence-electron chi connectivity index (χ0n) is 12.8. The standard InChI is InChI=1S/C17H12Cl2N2O3S/c18-13-5-6-14(19)15(9-13)25-8-7-23-17(22)12-3-1-11(2-4-12)16-21-20-10-24-16/h1-6,9-10H,7-8H2. The molecule has 0 fully saturated rings. The number of esters is 1. The summed E-state index contributed by atoms with van der Waals surface area (Å²) in [6, 6.07) is 12.0. The van der Waals surface area contributed by atoms with Gasteiger partial charge in [-0.2, -0.15) is 0 Å². The number of thioether (sulfide) groups is 1. The molecule has 0 bridgehead atoms. The molecule has 0 aliphatic heterocycles. The van der Waals surface area contributed by atoms with Gasteiger partial charge in [-0.1, -0.05) is 23.2 Å². The zero-order valence-corrected chi connectivity index (χ0v) is 15.1. The van der Waals surface area contributed by atoms with Crippen LogP contribution in [0.5, 0.6) is 0 Å². The first-order chi connectivity index (χ1) is 12.1. The Kier molecular flexibility index (Phi) is 5.96. The molecule has 5 nitrogen and oxygen atoms in total. The molecule has 0 aliphatic rings. The Hall–Kier alpha value is -2.02. The smallest absolute Gasteiger partial charge is 0.338 e. The minimum atomic E-state index is -0.394. The molecule has 0 radical (unpaired) electrons. The van der Waals surface area contributed by atoms with Crippen LogP contribution in [-0.4, -0.2) is 28.5 Å². The molecule has 8 heteroatoms. The van der Waals surface area contributed by atoms with E-state index < -0.39 is 5.97 Å². The van der Waals surface area contributed by atoms with E-state index in [9.17, 15) is 4.79 Å². The number of carbonyl (C=O) groups is 1. The van der Waals surface area contributed by atoms with Crippen LogP contribution in [0.1, 0.15) is 10.4 Å². The Balaban J connectivity index is 1.50. The third-order valence-electron chi connectivity index (χ3n) is 3.19. The van der Waals surface area contributed by atoms with Crippen LogP contribution in [0.25, 0.3) is 11.5 Å². The maximum absolute atomic E-state index is 12.0. The first kappa shape index (κ1) is 17.8. The van der Waals surface area contributed by atoms with Crippen LogP contribution in [0.15, 0.2) is 58.2 Å². The monoisotopic (exact) mass is 394 g/mol. The summed E-state index contributed by atoms with van der Waals surface area (Å²) in [7, 11) is 0. The van der Waals surface area contributed by atoms with E-state index in [0.29, 0.717) is 27.3 Å². The van der Waals surface area contributed by atoms with Crippen molar-refractivity contribution in [3.8, 4) is 11.5 Å². The molecule has 0 unspecified atom stereocenters. The van der Waals surface area contributed by atoms with Crippen molar-refractivity contribution >= 4 is 40.9 Å². The van der Waals surface area contributed by atoms with Gasteiger partial charge in [-0.15, -0.1) is 22.0 Å². The minimum Gasteiger partial charge on any atom is -0.461 e. The van der Waals surface area contributed by atoms with E-state index in [-0.39, 0.29) is 6.61 Å². The van der Waals surface area contributed by atoms with Crippen molar-refractivity contribution in [3.05, 3.63) is 64.5 Å². The SMILES string of the molecule is O=C(OCCSc1cc(Cl)ccc1Cl)c1ccc(-c2nnco2)cc1. The normalized spacial score (nSPS) is 10.6. The lowest BCUT2D eigenvalue weighted by molar-refractivity contribution is 0.0530. The van der Waals surface area contributed by atoms with E-state index in [2.05, 4.69) is 10.2 Å². The molecule has 0 spiro atoms. The quantitative estimate of drug-likeness (QED) is 0.333. The second-order valence-corrected chi connectivity index (χ2v) is 6.86. The summed E-state index contributed by atoms with van der Waals surface area (Å²) in [5.41, 5.74) is 1.19. The molecule has 1 aromatic heterocycles. The highest BCUT2D eigenvalue weighted by atomic mass is 35.5. The molecule has 3 rings (SSSR count). The molecule has 0 saturated carbocycles. The first-order valence-corrected chi connectivity index (χ1v) is 8.99. The highest BCUT2D eigenvalue weighted by molar-refractivity contribution is 7.99. The molecule has 3 aromatic rings. The number of hydrogen-bond donors (Lipinski definition) is 0. The summed E-state index contributed by atoms with van der Waals surface area (Å²) in [5.74, 6) is 0.580. The van der Waals surface area contributed by atoms with Gasteiger partial charge in [0.15, 0.2) is 0 Å². The fraction of sp³-hybridized carbons (Fsp3) is 0.118. The fourth-order valence-electron chi connectivity index (χ4n) is 2.00. The van der Waals surface area contributed by atoms with E-state index >= 15 is 0 Å².